The van der Waals surface area contributed by atoms with Crippen LogP contribution >= 0.6 is 0 Å². The first kappa shape index (κ1) is 19.3. The molecule has 0 bridgehead atoms. The second kappa shape index (κ2) is 7.67. The monoisotopic (exact) mass is 389 g/mol. The summed E-state index contributed by atoms with van der Waals surface area (Å²) in [6.07, 6.45) is 0. The Bertz CT molecular complexity index is 896. The number of para-hydroxylation sites is 1. The number of carbonyl (C=O) groups is 1. The van der Waals surface area contributed by atoms with Gasteiger partial charge in [-0.3, -0.25) is 0 Å². The quantitative estimate of drug-likeness (QED) is 0.841. The Morgan fingerprint density at radius 2 is 1.59 bits per heavy atom. The van der Waals surface area contributed by atoms with Crippen molar-refractivity contribution >= 4 is 27.4 Å². The molecule has 1 aliphatic heterocycles. The largest absolute Gasteiger partial charge is 0.378 e. The molecular formula is C19H23N3O4S. The van der Waals surface area contributed by atoms with E-state index in [4.69, 9.17) is 4.74 Å². The van der Waals surface area contributed by atoms with Crippen LogP contribution in [-0.4, -0.2) is 44.1 Å². The summed E-state index contributed by atoms with van der Waals surface area (Å²) >= 11 is 0. The SMILES string of the molecule is CC1(C)COCCN1S(=O)(=O)c1ccc(NC(=O)Nc2ccccc2)cc1. The van der Waals surface area contributed by atoms with E-state index in [-0.39, 0.29) is 4.90 Å². The number of hydrogen-bond donors (Lipinski definition) is 2. The zero-order valence-corrected chi connectivity index (χ0v) is 16.1. The predicted octanol–water partition coefficient (Wildman–Crippen LogP) is 3.13. The molecule has 0 radical (unpaired) electrons. The van der Waals surface area contributed by atoms with Crippen LogP contribution < -0.4 is 10.6 Å². The van der Waals surface area contributed by atoms with Gasteiger partial charge in [0.1, 0.15) is 0 Å². The molecule has 0 saturated carbocycles. The van der Waals surface area contributed by atoms with E-state index in [0.29, 0.717) is 31.1 Å². The van der Waals surface area contributed by atoms with Gasteiger partial charge in [0.05, 0.1) is 23.6 Å². The van der Waals surface area contributed by atoms with Crippen LogP contribution in [0.1, 0.15) is 13.8 Å². The zero-order valence-electron chi connectivity index (χ0n) is 15.3. The predicted molar refractivity (Wildman–Crippen MR) is 104 cm³/mol. The first-order valence-electron chi connectivity index (χ1n) is 8.63. The Kier molecular flexibility index (Phi) is 5.50. The van der Waals surface area contributed by atoms with E-state index in [9.17, 15) is 13.2 Å². The lowest BCUT2D eigenvalue weighted by Gasteiger charge is -2.40. The van der Waals surface area contributed by atoms with Crippen molar-refractivity contribution in [3.63, 3.8) is 0 Å². The maximum absolute atomic E-state index is 12.9. The number of carbonyl (C=O) groups excluding carboxylic acids is 1. The molecule has 1 aliphatic rings. The highest BCUT2D eigenvalue weighted by Crippen LogP contribution is 2.28. The Hall–Kier alpha value is -2.42. The number of nitrogens with one attached hydrogen (secondary N) is 2. The van der Waals surface area contributed by atoms with Crippen LogP contribution in [0.2, 0.25) is 0 Å². The second-order valence-electron chi connectivity index (χ2n) is 6.91. The summed E-state index contributed by atoms with van der Waals surface area (Å²) in [5.74, 6) is 0. The van der Waals surface area contributed by atoms with Gasteiger partial charge in [-0.15, -0.1) is 0 Å². The molecule has 144 valence electrons. The minimum absolute atomic E-state index is 0.187. The first-order chi connectivity index (χ1) is 12.8. The van der Waals surface area contributed by atoms with E-state index in [1.807, 2.05) is 32.0 Å². The Labute approximate surface area is 159 Å². The summed E-state index contributed by atoms with van der Waals surface area (Å²) in [4.78, 5) is 12.2. The summed E-state index contributed by atoms with van der Waals surface area (Å²) in [6, 6.07) is 14.8. The highest BCUT2D eigenvalue weighted by Gasteiger charge is 2.39. The van der Waals surface area contributed by atoms with Crippen molar-refractivity contribution in [2.75, 3.05) is 30.4 Å². The number of ether oxygens (including phenoxy) is 1. The normalized spacial score (nSPS) is 17.3. The summed E-state index contributed by atoms with van der Waals surface area (Å²) in [6.45, 7) is 4.73. The van der Waals surface area contributed by atoms with E-state index in [1.165, 1.54) is 16.4 Å². The minimum Gasteiger partial charge on any atom is -0.378 e. The fraction of sp³-hybridized carbons (Fsp3) is 0.316. The number of benzene rings is 2. The first-order valence-corrected chi connectivity index (χ1v) is 10.1. The average molecular weight is 389 g/mol. The van der Waals surface area contributed by atoms with Crippen molar-refractivity contribution in [2.24, 2.45) is 0 Å². The van der Waals surface area contributed by atoms with Gasteiger partial charge in [0, 0.05) is 17.9 Å². The molecule has 7 nitrogen and oxygen atoms in total. The summed E-state index contributed by atoms with van der Waals surface area (Å²) < 4.78 is 32.8. The van der Waals surface area contributed by atoms with Gasteiger partial charge in [-0.05, 0) is 50.2 Å². The van der Waals surface area contributed by atoms with E-state index in [2.05, 4.69) is 10.6 Å². The third-order valence-electron chi connectivity index (χ3n) is 4.30. The molecule has 1 saturated heterocycles. The lowest BCUT2D eigenvalue weighted by molar-refractivity contribution is -0.00770. The van der Waals surface area contributed by atoms with Crippen molar-refractivity contribution in [1.82, 2.24) is 4.31 Å². The van der Waals surface area contributed by atoms with Crippen LogP contribution in [0.5, 0.6) is 0 Å². The van der Waals surface area contributed by atoms with Crippen LogP contribution in [0, 0.1) is 0 Å². The molecule has 27 heavy (non-hydrogen) atoms. The number of hydrogen-bond acceptors (Lipinski definition) is 4. The lowest BCUT2D eigenvalue weighted by atomic mass is 10.1. The van der Waals surface area contributed by atoms with Gasteiger partial charge in [0.2, 0.25) is 10.0 Å². The van der Waals surface area contributed by atoms with Gasteiger partial charge in [0.25, 0.3) is 0 Å². The fourth-order valence-corrected chi connectivity index (χ4v) is 4.69. The Morgan fingerprint density at radius 1 is 1.00 bits per heavy atom. The number of anilines is 2. The molecule has 2 N–H and O–H groups in total. The van der Waals surface area contributed by atoms with Gasteiger partial charge in [-0.1, -0.05) is 18.2 Å². The van der Waals surface area contributed by atoms with E-state index in [0.717, 1.165) is 0 Å². The fourth-order valence-electron chi connectivity index (χ4n) is 2.94. The number of urea groups is 1. The maximum Gasteiger partial charge on any atom is 0.323 e. The molecule has 2 aromatic rings. The van der Waals surface area contributed by atoms with Crippen molar-refractivity contribution in [3.8, 4) is 0 Å². The maximum atomic E-state index is 12.9. The molecule has 0 spiro atoms. The van der Waals surface area contributed by atoms with Crippen molar-refractivity contribution in [3.05, 3.63) is 54.6 Å². The number of amides is 2. The van der Waals surface area contributed by atoms with Gasteiger partial charge in [-0.25, -0.2) is 13.2 Å². The third kappa shape index (κ3) is 4.47. The molecule has 3 rings (SSSR count). The van der Waals surface area contributed by atoms with Crippen LogP contribution in [0.25, 0.3) is 0 Å². The molecule has 0 atom stereocenters. The topological polar surface area (TPSA) is 87.7 Å². The Balaban J connectivity index is 1.70. The number of nitrogens with zero attached hydrogens (tertiary/aromatic N) is 1. The van der Waals surface area contributed by atoms with Crippen LogP contribution in [-0.2, 0) is 14.8 Å². The molecule has 8 heteroatoms. The molecule has 1 heterocycles. The minimum atomic E-state index is -3.64. The second-order valence-corrected chi connectivity index (χ2v) is 8.77. The van der Waals surface area contributed by atoms with Gasteiger partial charge in [-0.2, -0.15) is 4.31 Å². The summed E-state index contributed by atoms with van der Waals surface area (Å²) in [7, 11) is -3.64. The van der Waals surface area contributed by atoms with Crippen molar-refractivity contribution in [1.29, 1.82) is 0 Å². The lowest BCUT2D eigenvalue weighted by Crippen LogP contribution is -2.55. The highest BCUT2D eigenvalue weighted by atomic mass is 32.2. The van der Waals surface area contributed by atoms with Gasteiger partial charge >= 0.3 is 6.03 Å². The van der Waals surface area contributed by atoms with Crippen LogP contribution in [0.3, 0.4) is 0 Å². The van der Waals surface area contributed by atoms with Crippen LogP contribution in [0.15, 0.2) is 59.5 Å². The molecule has 2 aromatic carbocycles. The average Bonchev–Trinajstić information content (AvgIpc) is 2.62. The smallest absolute Gasteiger partial charge is 0.323 e. The van der Waals surface area contributed by atoms with Gasteiger partial charge < -0.3 is 15.4 Å². The molecule has 2 amide bonds. The van der Waals surface area contributed by atoms with Crippen molar-refractivity contribution in [2.45, 2.75) is 24.3 Å². The zero-order chi connectivity index (χ0) is 19.5. The summed E-state index contributed by atoms with van der Waals surface area (Å²) in [5.41, 5.74) is 0.566. The summed E-state index contributed by atoms with van der Waals surface area (Å²) in [5, 5.41) is 5.39. The van der Waals surface area contributed by atoms with E-state index in [1.54, 1.807) is 24.3 Å². The van der Waals surface area contributed by atoms with Crippen LogP contribution in [0.4, 0.5) is 16.2 Å². The number of rotatable bonds is 4. The molecule has 1 fully saturated rings. The Morgan fingerprint density at radius 3 is 2.19 bits per heavy atom. The highest BCUT2D eigenvalue weighted by molar-refractivity contribution is 7.89. The van der Waals surface area contributed by atoms with Crippen molar-refractivity contribution < 1.29 is 17.9 Å². The number of sulfonamides is 1. The molecular weight excluding hydrogens is 366 g/mol. The van der Waals surface area contributed by atoms with E-state index < -0.39 is 21.6 Å². The van der Waals surface area contributed by atoms with E-state index >= 15 is 0 Å². The number of morpholine rings is 1. The standard InChI is InChI=1S/C19H23N3O4S/c1-19(2)14-26-13-12-22(19)27(24,25)17-10-8-16(9-11-17)21-18(23)20-15-6-4-3-5-7-15/h3-11H,12-14H2,1-2H3,(H2,20,21,23). The molecule has 0 unspecified atom stereocenters. The third-order valence-corrected chi connectivity index (χ3v) is 6.43. The molecule has 0 aromatic heterocycles. The molecule has 0 aliphatic carbocycles. The van der Waals surface area contributed by atoms with Gasteiger partial charge in [0.15, 0.2) is 0 Å².